The molecule has 0 aliphatic heterocycles. The molecule has 0 N–H and O–H groups in total. The molecule has 5 nitrogen and oxygen atoms in total. The monoisotopic (exact) mass is 345 g/mol. The van der Waals surface area contributed by atoms with Crippen molar-refractivity contribution in [2.75, 3.05) is 0 Å². The second kappa shape index (κ2) is 6.69. The number of rotatable bonds is 2. The van der Waals surface area contributed by atoms with Gasteiger partial charge in [0.1, 0.15) is 5.69 Å². The Balaban J connectivity index is 0.00000192. The third kappa shape index (κ3) is 3.64. The van der Waals surface area contributed by atoms with Crippen molar-refractivity contribution >= 4 is 11.6 Å². The Bertz CT molecular complexity index is 863. The van der Waals surface area contributed by atoms with Gasteiger partial charge in [-0.15, -0.1) is 0 Å². The molecule has 0 saturated carbocycles. The quantitative estimate of drug-likeness (QED) is 0.546. The van der Waals surface area contributed by atoms with Crippen LogP contribution in [0, 0.1) is 0 Å². The number of aromatic nitrogens is 3. The zero-order valence-electron chi connectivity index (χ0n) is 11.8. The Morgan fingerprint density at radius 1 is 1.13 bits per heavy atom. The summed E-state index contributed by atoms with van der Waals surface area (Å²) in [5.74, 6) is -1.67. The van der Waals surface area contributed by atoms with Crippen molar-refractivity contribution in [2.24, 2.45) is 0 Å². The molecule has 112 valence electrons. The number of carbonyl (C=O) groups excluding carboxylic acids is 1. The average Bonchev–Trinajstić information content (AvgIpc) is 2.90. The molecular formula is C14H7F3KN3O2. The molecule has 23 heavy (non-hydrogen) atoms. The normalized spacial score (nSPS) is 11.3. The van der Waals surface area contributed by atoms with Gasteiger partial charge in [0, 0.05) is 11.6 Å². The van der Waals surface area contributed by atoms with Gasteiger partial charge in [0.25, 0.3) is 0 Å². The summed E-state index contributed by atoms with van der Waals surface area (Å²) in [6, 6.07) is 10.0. The predicted molar refractivity (Wildman–Crippen MR) is 67.8 cm³/mol. The number of fused-ring (bicyclic) bond motifs is 1. The summed E-state index contributed by atoms with van der Waals surface area (Å²) < 4.78 is 40.0. The molecule has 0 aliphatic carbocycles. The van der Waals surface area contributed by atoms with Crippen molar-refractivity contribution in [3.8, 4) is 11.3 Å². The van der Waals surface area contributed by atoms with E-state index in [1.807, 2.05) is 0 Å². The van der Waals surface area contributed by atoms with Crippen LogP contribution in [-0.4, -0.2) is 20.6 Å². The zero-order chi connectivity index (χ0) is 15.9. The Morgan fingerprint density at radius 2 is 1.78 bits per heavy atom. The molecule has 3 rings (SSSR count). The first kappa shape index (κ1) is 18.1. The van der Waals surface area contributed by atoms with E-state index in [4.69, 9.17) is 0 Å². The number of carbonyl (C=O) groups is 1. The molecule has 0 aliphatic rings. The van der Waals surface area contributed by atoms with Gasteiger partial charge in [0.2, 0.25) is 0 Å². The summed E-state index contributed by atoms with van der Waals surface area (Å²) in [7, 11) is 0. The van der Waals surface area contributed by atoms with Gasteiger partial charge in [-0.25, -0.2) is 9.50 Å². The van der Waals surface area contributed by atoms with E-state index in [2.05, 4.69) is 10.1 Å². The van der Waals surface area contributed by atoms with Gasteiger partial charge in [0.15, 0.2) is 11.3 Å². The number of benzene rings is 1. The maximum atomic E-state index is 13.2. The molecular weight excluding hydrogens is 338 g/mol. The fourth-order valence-electron chi connectivity index (χ4n) is 2.03. The fraction of sp³-hybridized carbons (Fsp3) is 0.0714. The minimum atomic E-state index is -4.71. The smallest absolute Gasteiger partial charge is 0.543 e. The molecule has 1 aromatic carbocycles. The number of hydrogen-bond donors (Lipinski definition) is 0. The second-order valence-electron chi connectivity index (χ2n) is 4.48. The first-order valence-corrected chi connectivity index (χ1v) is 6.11. The van der Waals surface area contributed by atoms with Crippen LogP contribution in [0.2, 0.25) is 0 Å². The third-order valence-electron chi connectivity index (χ3n) is 3.00. The molecule has 0 saturated heterocycles. The van der Waals surface area contributed by atoms with Gasteiger partial charge in [-0.2, -0.15) is 18.3 Å². The molecule has 0 spiro atoms. The van der Waals surface area contributed by atoms with Crippen molar-refractivity contribution in [1.29, 1.82) is 0 Å². The Morgan fingerprint density at radius 3 is 2.35 bits per heavy atom. The van der Waals surface area contributed by atoms with Crippen molar-refractivity contribution in [3.63, 3.8) is 0 Å². The van der Waals surface area contributed by atoms with Crippen LogP contribution in [0.3, 0.4) is 0 Å². The van der Waals surface area contributed by atoms with E-state index in [0.29, 0.717) is 10.1 Å². The van der Waals surface area contributed by atoms with Crippen LogP contribution in [0.15, 0.2) is 42.5 Å². The summed E-state index contributed by atoms with van der Waals surface area (Å²) in [4.78, 5) is 14.8. The molecule has 0 fully saturated rings. The molecule has 2 aromatic heterocycles. The van der Waals surface area contributed by atoms with E-state index in [1.165, 1.54) is 0 Å². The minimum Gasteiger partial charge on any atom is -0.543 e. The van der Waals surface area contributed by atoms with Gasteiger partial charge in [-0.05, 0) is 6.07 Å². The van der Waals surface area contributed by atoms with E-state index >= 15 is 0 Å². The number of carboxylic acid groups (broad SMARTS) is 1. The zero-order valence-corrected chi connectivity index (χ0v) is 15.0. The molecule has 2 heterocycles. The van der Waals surface area contributed by atoms with Crippen molar-refractivity contribution in [2.45, 2.75) is 6.18 Å². The maximum absolute atomic E-state index is 13.2. The SMILES string of the molecule is O=C([O-])c1cc2nc(-c3ccccc3)cc(C(F)(F)F)n2n1.[K+]. The molecule has 0 unspecified atom stereocenters. The van der Waals surface area contributed by atoms with E-state index in [1.54, 1.807) is 30.3 Å². The van der Waals surface area contributed by atoms with Gasteiger partial charge in [-0.1, -0.05) is 30.3 Å². The van der Waals surface area contributed by atoms with Gasteiger partial charge in [-0.3, -0.25) is 0 Å². The van der Waals surface area contributed by atoms with E-state index in [0.717, 1.165) is 12.1 Å². The summed E-state index contributed by atoms with van der Waals surface area (Å²) >= 11 is 0. The van der Waals surface area contributed by atoms with Crippen LogP contribution in [-0.2, 0) is 6.18 Å². The summed E-state index contributed by atoms with van der Waals surface area (Å²) in [5, 5.41) is 14.2. The molecule has 0 bridgehead atoms. The Labute approximate surface area is 170 Å². The maximum Gasteiger partial charge on any atom is 1.00 e. The molecule has 0 radical (unpaired) electrons. The van der Waals surface area contributed by atoms with Crippen molar-refractivity contribution < 1.29 is 74.5 Å². The standard InChI is InChI=1S/C14H8F3N3O2.K/c15-14(16,17)11-6-9(8-4-2-1-3-5-8)18-12-7-10(13(21)22)19-20(11)12;/h1-7H,(H,21,22);/q;+1/p-1. The molecule has 0 amide bonds. The molecule has 9 heteroatoms. The number of nitrogens with zero attached hydrogens (tertiary/aromatic N) is 3. The summed E-state index contributed by atoms with van der Waals surface area (Å²) in [6.07, 6.45) is -4.71. The Hall–Kier alpha value is -1.26. The summed E-state index contributed by atoms with van der Waals surface area (Å²) in [5.41, 5.74) is -1.38. The molecule has 3 aromatic rings. The van der Waals surface area contributed by atoms with Gasteiger partial charge in [0.05, 0.1) is 11.7 Å². The number of carboxylic acids is 1. The number of aromatic carboxylic acids is 1. The van der Waals surface area contributed by atoms with Crippen LogP contribution in [0.4, 0.5) is 13.2 Å². The van der Waals surface area contributed by atoms with Crippen LogP contribution in [0.5, 0.6) is 0 Å². The van der Waals surface area contributed by atoms with Crippen molar-refractivity contribution in [1.82, 2.24) is 14.6 Å². The topological polar surface area (TPSA) is 70.3 Å². The fourth-order valence-corrected chi connectivity index (χ4v) is 2.03. The average molecular weight is 345 g/mol. The van der Waals surface area contributed by atoms with Gasteiger partial charge < -0.3 is 9.90 Å². The number of halogens is 3. The van der Waals surface area contributed by atoms with E-state index < -0.39 is 23.5 Å². The van der Waals surface area contributed by atoms with E-state index in [-0.39, 0.29) is 62.7 Å². The van der Waals surface area contributed by atoms with Crippen LogP contribution in [0.25, 0.3) is 16.9 Å². The third-order valence-corrected chi connectivity index (χ3v) is 3.00. The first-order valence-electron chi connectivity index (χ1n) is 6.11. The predicted octanol–water partition coefficient (Wildman–Crippen LogP) is -1.22. The number of alkyl halides is 3. The molecule has 0 atom stereocenters. The van der Waals surface area contributed by atoms with E-state index in [9.17, 15) is 23.1 Å². The largest absolute Gasteiger partial charge is 1.00 e. The van der Waals surface area contributed by atoms with Crippen LogP contribution < -0.4 is 56.5 Å². The minimum absolute atomic E-state index is 0. The Kier molecular flexibility index (Phi) is 5.26. The first-order chi connectivity index (χ1) is 10.4. The van der Waals surface area contributed by atoms with Crippen LogP contribution >= 0.6 is 0 Å². The summed E-state index contributed by atoms with van der Waals surface area (Å²) in [6.45, 7) is 0. The second-order valence-corrected chi connectivity index (χ2v) is 4.48. The number of hydrogen-bond acceptors (Lipinski definition) is 4. The van der Waals surface area contributed by atoms with Crippen molar-refractivity contribution in [3.05, 3.63) is 53.9 Å². The van der Waals surface area contributed by atoms with Crippen LogP contribution in [0.1, 0.15) is 16.2 Å². The van der Waals surface area contributed by atoms with Gasteiger partial charge >= 0.3 is 57.6 Å².